The van der Waals surface area contributed by atoms with Crippen LogP contribution < -0.4 is 4.74 Å². The Bertz CT molecular complexity index is 310. The van der Waals surface area contributed by atoms with Crippen molar-refractivity contribution in [2.45, 2.75) is 12.8 Å². The Morgan fingerprint density at radius 2 is 2.07 bits per heavy atom. The van der Waals surface area contributed by atoms with Crippen LogP contribution >= 0.6 is 22.6 Å². The quantitative estimate of drug-likeness (QED) is 0.644. The zero-order valence-electron chi connectivity index (χ0n) is 8.53. The van der Waals surface area contributed by atoms with E-state index in [1.165, 1.54) is 0 Å². The molecule has 0 saturated heterocycles. The van der Waals surface area contributed by atoms with Gasteiger partial charge in [0.05, 0.1) is 6.61 Å². The first-order valence-corrected chi connectivity index (χ1v) is 6.22. The molecule has 3 heteroatoms. The molecule has 1 aromatic rings. The molecule has 82 valence electrons. The fourth-order valence-corrected chi connectivity index (χ4v) is 1.60. The third-order valence-electron chi connectivity index (χ3n) is 1.97. The minimum absolute atomic E-state index is 0.235. The second-order valence-electron chi connectivity index (χ2n) is 3.11. The lowest BCUT2D eigenvalue weighted by Crippen LogP contribution is -1.99. The van der Waals surface area contributed by atoms with Crippen LogP contribution in [0.3, 0.4) is 0 Å². The molecule has 0 unspecified atom stereocenters. The molecule has 0 aliphatic carbocycles. The molecule has 0 aliphatic rings. The maximum absolute atomic E-state index is 8.63. The van der Waals surface area contributed by atoms with Crippen LogP contribution in [0.15, 0.2) is 28.3 Å². The van der Waals surface area contributed by atoms with Crippen molar-refractivity contribution >= 4 is 28.7 Å². The summed E-state index contributed by atoms with van der Waals surface area (Å²) in [5.41, 5.74) is 1.09. The number of ether oxygens (including phenoxy) is 1. The number of unbranched alkanes of at least 4 members (excludes halogenated alkanes) is 1. The molecule has 1 N–H and O–H groups in total. The Balaban J connectivity index is 2.51. The maximum atomic E-state index is 8.63. The van der Waals surface area contributed by atoms with E-state index in [1.807, 2.05) is 34.4 Å². The van der Waals surface area contributed by atoms with Gasteiger partial charge >= 0.3 is 0 Å². The van der Waals surface area contributed by atoms with E-state index in [-0.39, 0.29) is 6.61 Å². The van der Waals surface area contributed by atoms with Gasteiger partial charge in [0.1, 0.15) is 5.75 Å². The molecule has 2 nitrogen and oxygen atoms in total. The summed E-state index contributed by atoms with van der Waals surface area (Å²) in [7, 11) is 0. The second kappa shape index (κ2) is 7.70. The third-order valence-corrected chi connectivity index (χ3v) is 2.33. The highest BCUT2D eigenvalue weighted by molar-refractivity contribution is 14.1. The molecular formula is C12H15IO2. The van der Waals surface area contributed by atoms with Gasteiger partial charge in [-0.1, -0.05) is 40.8 Å². The third kappa shape index (κ3) is 4.66. The monoisotopic (exact) mass is 318 g/mol. The Kier molecular flexibility index (Phi) is 6.43. The average Bonchev–Trinajstić information content (AvgIpc) is 2.27. The van der Waals surface area contributed by atoms with Crippen molar-refractivity contribution in [1.29, 1.82) is 0 Å². The summed E-state index contributed by atoms with van der Waals surface area (Å²) < 4.78 is 7.59. The molecule has 15 heavy (non-hydrogen) atoms. The number of benzene rings is 1. The predicted molar refractivity (Wildman–Crippen MR) is 71.3 cm³/mol. The fraction of sp³-hybridized carbons (Fsp3) is 0.333. The lowest BCUT2D eigenvalue weighted by Gasteiger charge is -2.08. The SMILES string of the molecule is OCCCCOc1ccccc1/C=C/I. The van der Waals surface area contributed by atoms with Crippen molar-refractivity contribution in [2.24, 2.45) is 0 Å². The van der Waals surface area contributed by atoms with Gasteiger partial charge in [0.25, 0.3) is 0 Å². The number of halogens is 1. The molecule has 0 amide bonds. The lowest BCUT2D eigenvalue weighted by molar-refractivity contribution is 0.253. The summed E-state index contributed by atoms with van der Waals surface area (Å²) in [6.07, 6.45) is 3.70. The maximum Gasteiger partial charge on any atom is 0.126 e. The van der Waals surface area contributed by atoms with E-state index in [0.717, 1.165) is 24.2 Å². The Hall–Kier alpha value is -0.550. The number of para-hydroxylation sites is 1. The number of rotatable bonds is 6. The summed E-state index contributed by atoms with van der Waals surface area (Å²) in [5.74, 6) is 0.906. The standard InChI is InChI=1S/C12H15IO2/c13-8-7-11-5-1-2-6-12(11)15-10-4-3-9-14/h1-2,5-8,14H,3-4,9-10H2/b8-7+. The molecule has 0 spiro atoms. The zero-order valence-corrected chi connectivity index (χ0v) is 10.7. The second-order valence-corrected chi connectivity index (χ2v) is 3.83. The van der Waals surface area contributed by atoms with Gasteiger partial charge in [-0.25, -0.2) is 0 Å². The summed E-state index contributed by atoms with van der Waals surface area (Å²) in [6.45, 7) is 0.894. The average molecular weight is 318 g/mol. The van der Waals surface area contributed by atoms with Crippen LogP contribution in [-0.2, 0) is 0 Å². The number of hydrogen-bond donors (Lipinski definition) is 1. The van der Waals surface area contributed by atoms with Gasteiger partial charge < -0.3 is 9.84 Å². The van der Waals surface area contributed by atoms with Crippen molar-refractivity contribution < 1.29 is 9.84 Å². The molecule has 0 fully saturated rings. The van der Waals surface area contributed by atoms with E-state index in [1.54, 1.807) is 0 Å². The minimum Gasteiger partial charge on any atom is -0.493 e. The van der Waals surface area contributed by atoms with Crippen molar-refractivity contribution in [1.82, 2.24) is 0 Å². The first-order chi connectivity index (χ1) is 7.38. The number of hydrogen-bond acceptors (Lipinski definition) is 2. The molecule has 1 rings (SSSR count). The van der Waals surface area contributed by atoms with E-state index in [0.29, 0.717) is 6.61 Å². The zero-order chi connectivity index (χ0) is 10.9. The van der Waals surface area contributed by atoms with Crippen molar-refractivity contribution in [3.63, 3.8) is 0 Å². The molecule has 0 aliphatic heterocycles. The molecule has 0 radical (unpaired) electrons. The smallest absolute Gasteiger partial charge is 0.126 e. The van der Waals surface area contributed by atoms with Crippen LogP contribution in [0.1, 0.15) is 18.4 Å². The molecule has 0 saturated carbocycles. The molecular weight excluding hydrogens is 303 g/mol. The van der Waals surface area contributed by atoms with Gasteiger partial charge in [-0.3, -0.25) is 0 Å². The van der Waals surface area contributed by atoms with Gasteiger partial charge in [-0.15, -0.1) is 0 Å². The van der Waals surface area contributed by atoms with E-state index in [4.69, 9.17) is 9.84 Å². The minimum atomic E-state index is 0.235. The fourth-order valence-electron chi connectivity index (χ4n) is 1.21. The van der Waals surface area contributed by atoms with E-state index in [2.05, 4.69) is 22.6 Å². The first kappa shape index (κ1) is 12.5. The molecule has 1 aromatic carbocycles. The van der Waals surface area contributed by atoms with Crippen molar-refractivity contribution in [3.8, 4) is 5.75 Å². The summed E-state index contributed by atoms with van der Waals surface area (Å²) in [5, 5.41) is 8.63. The Labute approximate surface area is 104 Å². The van der Waals surface area contributed by atoms with Gasteiger partial charge in [0.2, 0.25) is 0 Å². The number of aliphatic hydroxyl groups excluding tert-OH is 1. The molecule has 0 bridgehead atoms. The van der Waals surface area contributed by atoms with Crippen LogP contribution in [0.2, 0.25) is 0 Å². The molecule has 0 heterocycles. The summed E-state index contributed by atoms with van der Waals surface area (Å²) >= 11 is 2.19. The highest BCUT2D eigenvalue weighted by atomic mass is 127. The largest absolute Gasteiger partial charge is 0.493 e. The predicted octanol–water partition coefficient (Wildman–Crippen LogP) is 3.24. The van der Waals surface area contributed by atoms with Crippen LogP contribution in [0, 0.1) is 0 Å². The van der Waals surface area contributed by atoms with Gasteiger partial charge in [0.15, 0.2) is 0 Å². The Morgan fingerprint density at radius 1 is 1.27 bits per heavy atom. The van der Waals surface area contributed by atoms with Crippen LogP contribution in [0.25, 0.3) is 6.08 Å². The first-order valence-electron chi connectivity index (χ1n) is 4.98. The highest BCUT2D eigenvalue weighted by Crippen LogP contribution is 2.20. The van der Waals surface area contributed by atoms with Crippen molar-refractivity contribution in [2.75, 3.05) is 13.2 Å². The normalized spacial score (nSPS) is 10.8. The van der Waals surface area contributed by atoms with Crippen LogP contribution in [-0.4, -0.2) is 18.3 Å². The molecule has 0 atom stereocenters. The highest BCUT2D eigenvalue weighted by Gasteiger charge is 1.98. The van der Waals surface area contributed by atoms with E-state index >= 15 is 0 Å². The van der Waals surface area contributed by atoms with E-state index in [9.17, 15) is 0 Å². The molecule has 0 aromatic heterocycles. The van der Waals surface area contributed by atoms with Crippen LogP contribution in [0.5, 0.6) is 5.75 Å². The van der Waals surface area contributed by atoms with Crippen LogP contribution in [0.4, 0.5) is 0 Å². The topological polar surface area (TPSA) is 29.5 Å². The van der Waals surface area contributed by atoms with E-state index < -0.39 is 0 Å². The number of aliphatic hydroxyl groups is 1. The summed E-state index contributed by atoms with van der Waals surface area (Å²) in [4.78, 5) is 0. The van der Waals surface area contributed by atoms with Gasteiger partial charge in [-0.05, 0) is 29.1 Å². The lowest BCUT2D eigenvalue weighted by atomic mass is 10.2. The summed E-state index contributed by atoms with van der Waals surface area (Å²) in [6, 6.07) is 7.94. The van der Waals surface area contributed by atoms with Gasteiger partial charge in [-0.2, -0.15) is 0 Å². The van der Waals surface area contributed by atoms with Gasteiger partial charge in [0, 0.05) is 12.2 Å². The van der Waals surface area contributed by atoms with Crippen molar-refractivity contribution in [3.05, 3.63) is 33.9 Å². The Morgan fingerprint density at radius 3 is 2.80 bits per heavy atom.